The van der Waals surface area contributed by atoms with E-state index in [4.69, 9.17) is 4.84 Å². The van der Waals surface area contributed by atoms with Gasteiger partial charge in [0.15, 0.2) is 0 Å². The maximum absolute atomic E-state index is 11.5. The Hall–Kier alpha value is -1.62. The first-order chi connectivity index (χ1) is 8.75. The second-order valence-electron chi connectivity index (χ2n) is 4.53. The van der Waals surface area contributed by atoms with E-state index in [-0.39, 0.29) is 24.0 Å². The van der Waals surface area contributed by atoms with Crippen LogP contribution >= 0.6 is 0 Å². The van der Waals surface area contributed by atoms with Crippen molar-refractivity contribution in [1.29, 1.82) is 0 Å². The molecule has 1 heterocycles. The molecule has 1 aliphatic carbocycles. The van der Waals surface area contributed by atoms with Crippen molar-refractivity contribution in [3.63, 3.8) is 0 Å². The third-order valence-electron chi connectivity index (χ3n) is 3.12. The molecule has 1 amide bonds. The Morgan fingerprint density at radius 1 is 1.39 bits per heavy atom. The fraction of sp³-hybridized carbons (Fsp3) is 0.538. The van der Waals surface area contributed by atoms with Crippen LogP contribution in [-0.2, 0) is 16.2 Å². The van der Waals surface area contributed by atoms with Gasteiger partial charge in [-0.25, -0.2) is 5.48 Å². The minimum absolute atomic E-state index is 0.0954. The van der Waals surface area contributed by atoms with Gasteiger partial charge in [-0.05, 0) is 18.9 Å². The summed E-state index contributed by atoms with van der Waals surface area (Å²) < 4.78 is 1.51. The molecule has 0 bridgehead atoms. The molecule has 98 valence electrons. The van der Waals surface area contributed by atoms with Crippen molar-refractivity contribution in [2.24, 2.45) is 0 Å². The number of aromatic nitrogens is 1. The van der Waals surface area contributed by atoms with Crippen molar-refractivity contribution < 1.29 is 9.63 Å². The third kappa shape index (κ3) is 3.70. The van der Waals surface area contributed by atoms with Crippen molar-refractivity contribution >= 4 is 5.91 Å². The highest BCUT2D eigenvalue weighted by Gasteiger charge is 2.16. The first-order valence-corrected chi connectivity index (χ1v) is 6.35. The van der Waals surface area contributed by atoms with Crippen molar-refractivity contribution in [2.45, 2.75) is 44.8 Å². The molecule has 0 radical (unpaired) electrons. The maximum Gasteiger partial charge on any atom is 0.250 e. The van der Waals surface area contributed by atoms with Crippen LogP contribution < -0.4 is 11.0 Å². The molecule has 0 aromatic carbocycles. The van der Waals surface area contributed by atoms with Gasteiger partial charge in [0.05, 0.1) is 6.10 Å². The predicted molar refractivity (Wildman–Crippen MR) is 66.8 cm³/mol. The monoisotopic (exact) mass is 250 g/mol. The summed E-state index contributed by atoms with van der Waals surface area (Å²) >= 11 is 0. The van der Waals surface area contributed by atoms with E-state index in [9.17, 15) is 9.59 Å². The maximum atomic E-state index is 11.5. The van der Waals surface area contributed by atoms with Crippen LogP contribution in [0.25, 0.3) is 0 Å². The van der Waals surface area contributed by atoms with Crippen LogP contribution in [0.3, 0.4) is 0 Å². The summed E-state index contributed by atoms with van der Waals surface area (Å²) in [5.41, 5.74) is 2.36. The van der Waals surface area contributed by atoms with Crippen LogP contribution in [0.5, 0.6) is 0 Å². The van der Waals surface area contributed by atoms with Gasteiger partial charge in [-0.3, -0.25) is 14.4 Å². The van der Waals surface area contributed by atoms with Gasteiger partial charge >= 0.3 is 0 Å². The zero-order valence-corrected chi connectivity index (χ0v) is 10.3. The lowest BCUT2D eigenvalue weighted by molar-refractivity contribution is -0.138. The van der Waals surface area contributed by atoms with Crippen LogP contribution in [0.4, 0.5) is 0 Å². The van der Waals surface area contributed by atoms with Gasteiger partial charge in [0.1, 0.15) is 0 Å². The Morgan fingerprint density at radius 2 is 2.17 bits per heavy atom. The normalized spacial score (nSPS) is 15.8. The number of amides is 1. The van der Waals surface area contributed by atoms with E-state index < -0.39 is 0 Å². The number of rotatable bonds is 5. The largest absolute Gasteiger partial charge is 0.315 e. The number of aryl methyl sites for hydroxylation is 1. The molecule has 0 saturated heterocycles. The molecule has 2 rings (SSSR count). The number of pyridine rings is 1. The van der Waals surface area contributed by atoms with Crippen molar-refractivity contribution in [3.05, 3.63) is 34.7 Å². The summed E-state index contributed by atoms with van der Waals surface area (Å²) in [6.07, 6.45) is 6.44. The zero-order chi connectivity index (χ0) is 12.8. The van der Waals surface area contributed by atoms with E-state index in [0.717, 1.165) is 12.8 Å². The van der Waals surface area contributed by atoms with Crippen LogP contribution in [0, 0.1) is 0 Å². The molecule has 5 heteroatoms. The average Bonchev–Trinajstić information content (AvgIpc) is 2.88. The van der Waals surface area contributed by atoms with Crippen LogP contribution in [0.15, 0.2) is 29.2 Å². The molecule has 1 N–H and O–H groups in total. The lowest BCUT2D eigenvalue weighted by Gasteiger charge is -2.11. The van der Waals surface area contributed by atoms with Crippen LogP contribution in [0.1, 0.15) is 32.1 Å². The molecule has 0 aliphatic heterocycles. The molecule has 0 spiro atoms. The molecular formula is C13H18N2O3. The Balaban J connectivity index is 1.71. The van der Waals surface area contributed by atoms with Gasteiger partial charge in [-0.1, -0.05) is 18.9 Å². The molecule has 0 unspecified atom stereocenters. The Labute approximate surface area is 106 Å². The zero-order valence-electron chi connectivity index (χ0n) is 10.3. The molecule has 1 aromatic rings. The van der Waals surface area contributed by atoms with Crippen LogP contribution in [-0.4, -0.2) is 16.6 Å². The quantitative estimate of drug-likeness (QED) is 0.799. The number of hydroxylamine groups is 1. The minimum Gasteiger partial charge on any atom is -0.315 e. The molecule has 0 atom stereocenters. The van der Waals surface area contributed by atoms with Crippen LogP contribution in [0.2, 0.25) is 0 Å². The summed E-state index contributed by atoms with van der Waals surface area (Å²) in [5, 5.41) is 0. The topological polar surface area (TPSA) is 60.3 Å². The van der Waals surface area contributed by atoms with Gasteiger partial charge in [0.25, 0.3) is 5.56 Å². The highest BCUT2D eigenvalue weighted by molar-refractivity contribution is 5.74. The Morgan fingerprint density at radius 3 is 2.89 bits per heavy atom. The second-order valence-corrected chi connectivity index (χ2v) is 4.53. The van der Waals surface area contributed by atoms with E-state index >= 15 is 0 Å². The summed E-state index contributed by atoms with van der Waals surface area (Å²) in [6.45, 7) is 0.375. The van der Waals surface area contributed by atoms with E-state index in [0.29, 0.717) is 6.54 Å². The molecule has 1 aliphatic rings. The molecule has 1 aromatic heterocycles. The molecule has 1 saturated carbocycles. The first-order valence-electron chi connectivity index (χ1n) is 6.35. The highest BCUT2D eigenvalue weighted by atomic mass is 16.7. The van der Waals surface area contributed by atoms with E-state index in [2.05, 4.69) is 5.48 Å². The Kier molecular flexibility index (Phi) is 4.52. The minimum atomic E-state index is -0.183. The van der Waals surface area contributed by atoms with Gasteiger partial charge in [0, 0.05) is 25.2 Å². The summed E-state index contributed by atoms with van der Waals surface area (Å²) in [5.74, 6) is -0.183. The molecule has 5 nitrogen and oxygen atoms in total. The predicted octanol–water partition coefficient (Wildman–Crippen LogP) is 1.23. The number of nitrogens with one attached hydrogen (secondary N) is 1. The number of hydrogen-bond acceptors (Lipinski definition) is 3. The first kappa shape index (κ1) is 12.8. The van der Waals surface area contributed by atoms with Gasteiger partial charge in [0.2, 0.25) is 5.91 Å². The Bertz CT molecular complexity index is 450. The summed E-state index contributed by atoms with van der Waals surface area (Å²) in [6, 6.07) is 4.93. The number of nitrogens with zero attached hydrogens (tertiary/aromatic N) is 1. The van der Waals surface area contributed by atoms with Gasteiger partial charge < -0.3 is 4.57 Å². The fourth-order valence-corrected chi connectivity index (χ4v) is 2.07. The average molecular weight is 250 g/mol. The smallest absolute Gasteiger partial charge is 0.250 e. The lowest BCUT2D eigenvalue weighted by Crippen LogP contribution is -2.30. The van der Waals surface area contributed by atoms with E-state index in [1.54, 1.807) is 18.3 Å². The highest BCUT2D eigenvalue weighted by Crippen LogP contribution is 2.19. The molecular weight excluding hydrogens is 232 g/mol. The van der Waals surface area contributed by atoms with Crippen molar-refractivity contribution in [3.8, 4) is 0 Å². The van der Waals surface area contributed by atoms with Crippen molar-refractivity contribution in [2.75, 3.05) is 0 Å². The fourth-order valence-electron chi connectivity index (χ4n) is 2.07. The number of hydrogen-bond donors (Lipinski definition) is 1. The standard InChI is InChI=1S/C13H18N2O3/c16-12(14-18-11-5-1-2-6-11)8-10-15-9-4-3-7-13(15)17/h3-4,7,9,11H,1-2,5-6,8,10H2,(H,14,16). The SMILES string of the molecule is O=C(CCn1ccccc1=O)NOC1CCCC1. The van der Waals surface area contributed by atoms with E-state index in [1.807, 2.05) is 0 Å². The second kappa shape index (κ2) is 6.35. The third-order valence-corrected chi connectivity index (χ3v) is 3.12. The lowest BCUT2D eigenvalue weighted by atomic mass is 10.3. The van der Waals surface area contributed by atoms with Gasteiger partial charge in [-0.2, -0.15) is 0 Å². The molecule has 18 heavy (non-hydrogen) atoms. The number of carbonyl (C=O) groups is 1. The van der Waals surface area contributed by atoms with Crippen molar-refractivity contribution in [1.82, 2.24) is 10.0 Å². The summed E-state index contributed by atoms with van der Waals surface area (Å²) in [7, 11) is 0. The summed E-state index contributed by atoms with van der Waals surface area (Å²) in [4.78, 5) is 28.2. The number of carbonyl (C=O) groups excluding carboxylic acids is 1. The van der Waals surface area contributed by atoms with Gasteiger partial charge in [-0.15, -0.1) is 0 Å². The molecule has 1 fully saturated rings. The van der Waals surface area contributed by atoms with E-state index in [1.165, 1.54) is 23.5 Å².